The molecule has 1 spiro atoms. The van der Waals surface area contributed by atoms with E-state index in [0.29, 0.717) is 31.5 Å². The standard InChI is InChI=1S/C24H29F3N2O4/c25-24(26,27)20(31)16-1-3-17(4-2-16)28-12-7-15-5-9-23(33,13-18(15)21(28)32)14-29-19(30)6-8-22(29)10-11-22/h1-4,15,18,20,31,33H,5-14H2/t15-,18?,20-,23+/m1/s1. The second-order valence-electron chi connectivity index (χ2n) is 10.4. The van der Waals surface area contributed by atoms with E-state index >= 15 is 0 Å². The summed E-state index contributed by atoms with van der Waals surface area (Å²) in [4.78, 5) is 29.2. The van der Waals surface area contributed by atoms with Crippen LogP contribution < -0.4 is 4.90 Å². The van der Waals surface area contributed by atoms with Crippen LogP contribution in [0.15, 0.2) is 24.3 Å². The van der Waals surface area contributed by atoms with Crippen molar-refractivity contribution in [3.8, 4) is 0 Å². The van der Waals surface area contributed by atoms with Crippen molar-refractivity contribution in [2.24, 2.45) is 11.8 Å². The molecule has 0 radical (unpaired) electrons. The molecule has 33 heavy (non-hydrogen) atoms. The van der Waals surface area contributed by atoms with Crippen LogP contribution in [0.4, 0.5) is 18.9 Å². The summed E-state index contributed by atoms with van der Waals surface area (Å²) in [6, 6.07) is 5.24. The number of benzene rings is 1. The van der Waals surface area contributed by atoms with E-state index in [1.54, 1.807) is 4.90 Å². The zero-order valence-electron chi connectivity index (χ0n) is 18.4. The zero-order chi connectivity index (χ0) is 23.6. The van der Waals surface area contributed by atoms with Gasteiger partial charge in [-0.15, -0.1) is 0 Å². The van der Waals surface area contributed by atoms with Crippen molar-refractivity contribution in [2.75, 3.05) is 18.0 Å². The summed E-state index contributed by atoms with van der Waals surface area (Å²) in [6.07, 6.45) is -1.67. The Hall–Kier alpha value is -2.13. The van der Waals surface area contributed by atoms with E-state index in [1.165, 1.54) is 24.3 Å². The molecule has 1 aromatic rings. The molecule has 5 rings (SSSR count). The summed E-state index contributed by atoms with van der Waals surface area (Å²) in [5.41, 5.74) is -0.965. The number of carbonyl (C=O) groups is 2. The molecule has 1 unspecified atom stereocenters. The van der Waals surface area contributed by atoms with Crippen LogP contribution in [0.1, 0.15) is 63.0 Å². The molecule has 1 aromatic carbocycles. The van der Waals surface area contributed by atoms with Crippen LogP contribution in [0.5, 0.6) is 0 Å². The van der Waals surface area contributed by atoms with Crippen LogP contribution in [0.25, 0.3) is 0 Å². The number of amides is 2. The van der Waals surface area contributed by atoms with Gasteiger partial charge in [0, 0.05) is 36.7 Å². The number of piperidine rings is 1. The smallest absolute Gasteiger partial charge is 0.388 e. The molecule has 4 atom stereocenters. The van der Waals surface area contributed by atoms with Crippen molar-refractivity contribution in [1.82, 2.24) is 4.90 Å². The number of anilines is 1. The lowest BCUT2D eigenvalue weighted by Gasteiger charge is -2.47. The molecule has 0 aromatic heterocycles. The first kappa shape index (κ1) is 22.7. The van der Waals surface area contributed by atoms with Gasteiger partial charge in [-0.25, -0.2) is 0 Å². The van der Waals surface area contributed by atoms with Crippen molar-refractivity contribution in [2.45, 2.75) is 74.8 Å². The third-order valence-electron chi connectivity index (χ3n) is 8.24. The molecular weight excluding hydrogens is 437 g/mol. The molecule has 2 saturated heterocycles. The lowest BCUT2D eigenvalue weighted by Crippen LogP contribution is -2.56. The molecule has 2 amide bonds. The van der Waals surface area contributed by atoms with Gasteiger partial charge >= 0.3 is 6.18 Å². The number of alkyl halides is 3. The SMILES string of the molecule is O=C1C2C[C@](O)(CN3C(=O)CCC34CC4)CC[C@@H]2CCN1c1ccc([C@@H](O)C(F)(F)F)cc1. The highest BCUT2D eigenvalue weighted by Gasteiger charge is 2.57. The first-order valence-corrected chi connectivity index (χ1v) is 11.7. The fourth-order valence-electron chi connectivity index (χ4n) is 6.09. The van der Waals surface area contributed by atoms with Gasteiger partial charge in [0.15, 0.2) is 6.10 Å². The predicted octanol–water partition coefficient (Wildman–Crippen LogP) is 3.32. The topological polar surface area (TPSA) is 81.1 Å². The van der Waals surface area contributed by atoms with Crippen LogP contribution in [0.2, 0.25) is 0 Å². The van der Waals surface area contributed by atoms with E-state index in [0.717, 1.165) is 25.7 Å². The average molecular weight is 467 g/mol. The third kappa shape index (κ3) is 4.03. The van der Waals surface area contributed by atoms with Gasteiger partial charge in [-0.2, -0.15) is 13.2 Å². The summed E-state index contributed by atoms with van der Waals surface area (Å²) in [6.45, 7) is 0.736. The van der Waals surface area contributed by atoms with Gasteiger partial charge < -0.3 is 20.0 Å². The van der Waals surface area contributed by atoms with E-state index in [9.17, 15) is 33.0 Å². The molecule has 9 heteroatoms. The molecule has 2 N–H and O–H groups in total. The molecular formula is C24H29F3N2O4. The predicted molar refractivity (Wildman–Crippen MR) is 113 cm³/mol. The van der Waals surface area contributed by atoms with Crippen LogP contribution in [-0.4, -0.2) is 57.3 Å². The molecule has 4 aliphatic rings. The van der Waals surface area contributed by atoms with Crippen LogP contribution in [-0.2, 0) is 9.59 Å². The van der Waals surface area contributed by atoms with E-state index in [1.807, 2.05) is 4.90 Å². The molecule has 180 valence electrons. The Bertz CT molecular complexity index is 946. The maximum absolute atomic E-state index is 13.4. The van der Waals surface area contributed by atoms with Crippen LogP contribution in [0, 0.1) is 11.8 Å². The number of rotatable bonds is 4. The van der Waals surface area contributed by atoms with Crippen molar-refractivity contribution in [3.63, 3.8) is 0 Å². The Morgan fingerprint density at radius 2 is 1.76 bits per heavy atom. The van der Waals surface area contributed by atoms with Crippen molar-refractivity contribution in [1.29, 1.82) is 0 Å². The van der Waals surface area contributed by atoms with Gasteiger partial charge in [-0.3, -0.25) is 9.59 Å². The number of likely N-dealkylation sites (tertiary alicyclic amines) is 1. The number of nitrogens with zero attached hydrogens (tertiary/aromatic N) is 2. The first-order valence-electron chi connectivity index (χ1n) is 11.7. The highest BCUT2D eigenvalue weighted by molar-refractivity contribution is 5.96. The summed E-state index contributed by atoms with van der Waals surface area (Å²) in [7, 11) is 0. The second kappa shape index (κ2) is 7.70. The quantitative estimate of drug-likeness (QED) is 0.714. The van der Waals surface area contributed by atoms with E-state index < -0.39 is 17.9 Å². The fourth-order valence-corrected chi connectivity index (χ4v) is 6.09. The van der Waals surface area contributed by atoms with Crippen molar-refractivity contribution in [3.05, 3.63) is 29.8 Å². The second-order valence-corrected chi connectivity index (χ2v) is 10.4. The number of carbonyl (C=O) groups excluding carboxylic acids is 2. The number of aliphatic hydroxyl groups excluding tert-OH is 1. The van der Waals surface area contributed by atoms with Crippen LogP contribution in [0.3, 0.4) is 0 Å². The van der Waals surface area contributed by atoms with Crippen molar-refractivity contribution < 1.29 is 33.0 Å². The summed E-state index contributed by atoms with van der Waals surface area (Å²) < 4.78 is 38.3. The minimum absolute atomic E-state index is 0.0744. The molecule has 2 saturated carbocycles. The van der Waals surface area contributed by atoms with Gasteiger partial charge in [0.05, 0.1) is 5.60 Å². The lowest BCUT2D eigenvalue weighted by atomic mass is 9.68. The monoisotopic (exact) mass is 466 g/mol. The Morgan fingerprint density at radius 1 is 1.06 bits per heavy atom. The van der Waals surface area contributed by atoms with Gasteiger partial charge in [-0.1, -0.05) is 12.1 Å². The molecule has 4 fully saturated rings. The normalized spacial score (nSPS) is 32.3. The molecule has 2 heterocycles. The Kier molecular flexibility index (Phi) is 5.28. The van der Waals surface area contributed by atoms with Gasteiger partial charge in [-0.05, 0) is 68.6 Å². The van der Waals surface area contributed by atoms with E-state index in [2.05, 4.69) is 0 Å². The fraction of sp³-hybridized carbons (Fsp3) is 0.667. The number of fused-ring (bicyclic) bond motifs is 1. The number of hydrogen-bond acceptors (Lipinski definition) is 4. The average Bonchev–Trinajstić information content (AvgIpc) is 3.50. The lowest BCUT2D eigenvalue weighted by molar-refractivity contribution is -0.206. The third-order valence-corrected chi connectivity index (χ3v) is 8.24. The minimum atomic E-state index is -4.75. The Balaban J connectivity index is 1.30. The zero-order valence-corrected chi connectivity index (χ0v) is 18.4. The largest absolute Gasteiger partial charge is 0.418 e. The van der Waals surface area contributed by atoms with Gasteiger partial charge in [0.2, 0.25) is 11.8 Å². The summed E-state index contributed by atoms with van der Waals surface area (Å²) >= 11 is 0. The number of β-amino-alcohol motifs (C(OH)–C–C–N with tert-alkyl or cyclic N) is 1. The molecule has 6 nitrogen and oxygen atoms in total. The maximum atomic E-state index is 13.4. The molecule has 2 aliphatic carbocycles. The highest BCUT2D eigenvalue weighted by Crippen LogP contribution is 2.52. The van der Waals surface area contributed by atoms with E-state index in [4.69, 9.17) is 0 Å². The first-order chi connectivity index (χ1) is 15.5. The van der Waals surface area contributed by atoms with Crippen molar-refractivity contribution >= 4 is 17.5 Å². The van der Waals surface area contributed by atoms with Gasteiger partial charge in [0.25, 0.3) is 0 Å². The maximum Gasteiger partial charge on any atom is 0.418 e. The van der Waals surface area contributed by atoms with E-state index in [-0.39, 0.29) is 47.7 Å². The summed E-state index contributed by atoms with van der Waals surface area (Å²) in [5.74, 6) is -0.279. The Morgan fingerprint density at radius 3 is 2.39 bits per heavy atom. The number of aliphatic hydroxyl groups is 2. The highest BCUT2D eigenvalue weighted by atomic mass is 19.4. The van der Waals surface area contributed by atoms with Crippen LogP contribution >= 0.6 is 0 Å². The van der Waals surface area contributed by atoms with Gasteiger partial charge in [0.1, 0.15) is 0 Å². The Labute approximate surface area is 190 Å². The number of hydrogen-bond donors (Lipinski definition) is 2. The molecule has 0 bridgehead atoms. The summed E-state index contributed by atoms with van der Waals surface area (Å²) in [5, 5.41) is 20.8. The minimum Gasteiger partial charge on any atom is -0.388 e. The molecule has 2 aliphatic heterocycles. The number of halogens is 3.